The van der Waals surface area contributed by atoms with Gasteiger partial charge in [0.2, 0.25) is 0 Å². The largest absolute Gasteiger partial charge is 0.316 e. The quantitative estimate of drug-likeness (QED) is 0.387. The summed E-state index contributed by atoms with van der Waals surface area (Å²) in [6.45, 7) is 4.75. The first-order valence-electron chi connectivity index (χ1n) is 10.3. The highest BCUT2D eigenvalue weighted by atomic mass is 16.5. The van der Waals surface area contributed by atoms with E-state index in [9.17, 15) is 4.79 Å². The van der Waals surface area contributed by atoms with Crippen LogP contribution in [-0.2, 0) is 4.79 Å². The summed E-state index contributed by atoms with van der Waals surface area (Å²) in [6.07, 6.45) is 18.0. The van der Waals surface area contributed by atoms with Gasteiger partial charge < -0.3 is 5.32 Å². The number of nitrogens with one attached hydrogen (secondary N) is 2. The minimum Gasteiger partial charge on any atom is -0.316 e. The number of amides is 1. The standard InChI is InChI=1S/C22H32N2O2/c1-15-20-9-18-8-19(10-20)12-22(15,11-18)14-23-13-17-4-2-16(3-5-17)6-7-21(25)24-26/h2-4,6-7,15,17-20,23,26H,5,8-14H2,1H3,(H,24,25)/b7-6+/t15-,17?,18?,19?,20?,22?/m0/s1. The minimum absolute atomic E-state index is 0.493. The van der Waals surface area contributed by atoms with Gasteiger partial charge in [0.25, 0.3) is 5.91 Å². The molecule has 4 saturated carbocycles. The maximum Gasteiger partial charge on any atom is 0.267 e. The predicted octanol–water partition coefficient (Wildman–Crippen LogP) is 3.60. The third kappa shape index (κ3) is 3.54. The van der Waals surface area contributed by atoms with Crippen molar-refractivity contribution in [2.75, 3.05) is 13.1 Å². The maximum absolute atomic E-state index is 11.0. The highest BCUT2D eigenvalue weighted by Gasteiger charge is 2.54. The number of hydroxylamine groups is 1. The topological polar surface area (TPSA) is 61.4 Å². The zero-order valence-electron chi connectivity index (χ0n) is 15.8. The predicted molar refractivity (Wildman–Crippen MR) is 102 cm³/mol. The highest BCUT2D eigenvalue weighted by Crippen LogP contribution is 2.62. The Morgan fingerprint density at radius 3 is 2.73 bits per heavy atom. The fraction of sp³-hybridized carbons (Fsp3) is 0.682. The molecule has 3 unspecified atom stereocenters. The van der Waals surface area contributed by atoms with E-state index in [2.05, 4.69) is 30.5 Å². The number of hydrogen-bond donors (Lipinski definition) is 3. The number of carbonyl (C=O) groups is 1. The van der Waals surface area contributed by atoms with Crippen LogP contribution in [0.1, 0.15) is 45.4 Å². The lowest BCUT2D eigenvalue weighted by Crippen LogP contribution is -2.55. The van der Waals surface area contributed by atoms with Crippen molar-refractivity contribution in [3.63, 3.8) is 0 Å². The number of rotatable bonds is 6. The van der Waals surface area contributed by atoms with Crippen molar-refractivity contribution in [2.45, 2.75) is 45.4 Å². The molecule has 0 saturated heterocycles. The molecule has 142 valence electrons. The lowest BCUT2D eigenvalue weighted by Gasteiger charge is -2.61. The van der Waals surface area contributed by atoms with E-state index in [-0.39, 0.29) is 0 Å². The Labute approximate surface area is 156 Å². The lowest BCUT2D eigenvalue weighted by atomic mass is 9.45. The lowest BCUT2D eigenvalue weighted by molar-refractivity contribution is -0.124. The number of carbonyl (C=O) groups excluding carboxylic acids is 1. The third-order valence-electron chi connectivity index (χ3n) is 7.64. The van der Waals surface area contributed by atoms with Crippen molar-refractivity contribution in [3.8, 4) is 0 Å². The Balaban J connectivity index is 1.26. The van der Waals surface area contributed by atoms with Gasteiger partial charge in [0.1, 0.15) is 0 Å². The first-order valence-corrected chi connectivity index (χ1v) is 10.3. The molecule has 4 fully saturated rings. The molecule has 4 bridgehead atoms. The van der Waals surface area contributed by atoms with E-state index >= 15 is 0 Å². The second-order valence-electron chi connectivity index (χ2n) is 9.26. The summed E-state index contributed by atoms with van der Waals surface area (Å²) in [4.78, 5) is 11.0. The molecule has 0 aromatic carbocycles. The van der Waals surface area contributed by atoms with Crippen LogP contribution in [-0.4, -0.2) is 24.2 Å². The van der Waals surface area contributed by atoms with Gasteiger partial charge in [-0.15, -0.1) is 0 Å². The van der Waals surface area contributed by atoms with E-state index in [1.807, 2.05) is 0 Å². The Morgan fingerprint density at radius 2 is 2.08 bits per heavy atom. The smallest absolute Gasteiger partial charge is 0.267 e. The van der Waals surface area contributed by atoms with Gasteiger partial charge >= 0.3 is 0 Å². The summed E-state index contributed by atoms with van der Waals surface area (Å²) in [7, 11) is 0. The summed E-state index contributed by atoms with van der Waals surface area (Å²) in [5, 5.41) is 12.3. The molecule has 5 rings (SSSR count). The molecule has 26 heavy (non-hydrogen) atoms. The van der Waals surface area contributed by atoms with Crippen molar-refractivity contribution in [2.24, 2.45) is 35.0 Å². The van der Waals surface area contributed by atoms with Gasteiger partial charge in [-0.25, -0.2) is 5.48 Å². The van der Waals surface area contributed by atoms with E-state index in [4.69, 9.17) is 5.21 Å². The Bertz CT molecular complexity index is 622. The average molecular weight is 357 g/mol. The van der Waals surface area contributed by atoms with Crippen LogP contribution < -0.4 is 10.8 Å². The van der Waals surface area contributed by atoms with Crippen molar-refractivity contribution < 1.29 is 10.0 Å². The maximum atomic E-state index is 11.0. The van der Waals surface area contributed by atoms with Crippen molar-refractivity contribution >= 4 is 5.91 Å². The molecule has 0 aromatic heterocycles. The molecule has 1 amide bonds. The van der Waals surface area contributed by atoms with Crippen LogP contribution in [0.25, 0.3) is 0 Å². The molecule has 5 aliphatic rings. The van der Waals surface area contributed by atoms with Crippen molar-refractivity contribution in [1.82, 2.24) is 10.8 Å². The van der Waals surface area contributed by atoms with Gasteiger partial charge in [-0.2, -0.15) is 0 Å². The third-order valence-corrected chi connectivity index (χ3v) is 7.64. The van der Waals surface area contributed by atoms with Crippen LogP contribution in [0, 0.1) is 35.0 Å². The molecular formula is C22H32N2O2. The van der Waals surface area contributed by atoms with Gasteiger partial charge in [0, 0.05) is 19.2 Å². The Morgan fingerprint density at radius 1 is 1.31 bits per heavy atom. The van der Waals surface area contributed by atoms with Gasteiger partial charge in [0.05, 0.1) is 0 Å². The van der Waals surface area contributed by atoms with Crippen LogP contribution in [0.2, 0.25) is 0 Å². The van der Waals surface area contributed by atoms with E-state index in [1.54, 1.807) is 11.6 Å². The number of hydrogen-bond acceptors (Lipinski definition) is 3. The fourth-order valence-electron chi connectivity index (χ4n) is 6.44. The molecule has 0 radical (unpaired) electrons. The molecule has 4 atom stereocenters. The van der Waals surface area contributed by atoms with Crippen LogP contribution in [0.15, 0.2) is 36.0 Å². The van der Waals surface area contributed by atoms with E-state index in [1.165, 1.54) is 44.7 Å². The second-order valence-corrected chi connectivity index (χ2v) is 9.26. The molecule has 4 heteroatoms. The first-order chi connectivity index (χ1) is 12.6. The van der Waals surface area contributed by atoms with Crippen LogP contribution in [0.4, 0.5) is 0 Å². The SMILES string of the molecule is C[C@H]1C2CC3CC(C2)CC1(CNCC1C=CC(/C=C/C(=O)NO)=CC1)C3. The summed E-state index contributed by atoms with van der Waals surface area (Å²) in [6, 6.07) is 0. The van der Waals surface area contributed by atoms with Crippen molar-refractivity contribution in [1.29, 1.82) is 0 Å². The molecule has 0 heterocycles. The summed E-state index contributed by atoms with van der Waals surface area (Å²) in [5.41, 5.74) is 3.20. The minimum atomic E-state index is -0.493. The summed E-state index contributed by atoms with van der Waals surface area (Å²) < 4.78 is 0. The molecule has 5 aliphatic carbocycles. The molecule has 4 nitrogen and oxygen atoms in total. The summed E-state index contributed by atoms with van der Waals surface area (Å²) >= 11 is 0. The Kier molecular flexibility index (Phi) is 5.07. The monoisotopic (exact) mass is 356 g/mol. The van der Waals surface area contributed by atoms with Gasteiger partial charge in [0.15, 0.2) is 0 Å². The normalized spacial score (nSPS) is 40.8. The van der Waals surface area contributed by atoms with Crippen LogP contribution in [0.5, 0.6) is 0 Å². The fourth-order valence-corrected chi connectivity index (χ4v) is 6.44. The van der Waals surface area contributed by atoms with E-state index < -0.39 is 5.91 Å². The van der Waals surface area contributed by atoms with Crippen molar-refractivity contribution in [3.05, 3.63) is 36.0 Å². The second kappa shape index (κ2) is 7.32. The zero-order valence-corrected chi connectivity index (χ0v) is 15.8. The molecule has 0 aromatic rings. The zero-order chi connectivity index (χ0) is 18.1. The molecule has 0 spiro atoms. The first kappa shape index (κ1) is 18.0. The molecule has 0 aliphatic heterocycles. The molecule has 3 N–H and O–H groups in total. The summed E-state index contributed by atoms with van der Waals surface area (Å²) in [5.74, 6) is 3.93. The van der Waals surface area contributed by atoms with Gasteiger partial charge in [-0.3, -0.25) is 10.0 Å². The van der Waals surface area contributed by atoms with E-state index in [0.29, 0.717) is 11.3 Å². The Hall–Kier alpha value is -1.39. The molecular weight excluding hydrogens is 324 g/mol. The van der Waals surface area contributed by atoms with Crippen LogP contribution >= 0.6 is 0 Å². The highest BCUT2D eigenvalue weighted by molar-refractivity contribution is 5.87. The van der Waals surface area contributed by atoms with Gasteiger partial charge in [-0.1, -0.05) is 25.2 Å². The van der Waals surface area contributed by atoms with Crippen LogP contribution in [0.3, 0.4) is 0 Å². The van der Waals surface area contributed by atoms with Gasteiger partial charge in [-0.05, 0) is 85.2 Å². The van der Waals surface area contributed by atoms with E-state index in [0.717, 1.165) is 42.2 Å². The number of allylic oxidation sites excluding steroid dienone is 4. The average Bonchev–Trinajstić information content (AvgIpc) is 2.64.